The van der Waals surface area contributed by atoms with Crippen LogP contribution in [0.4, 0.5) is 0 Å². The number of carbonyl (C=O) groups is 1. The van der Waals surface area contributed by atoms with Gasteiger partial charge in [0.2, 0.25) is 0 Å². The highest BCUT2D eigenvalue weighted by Gasteiger charge is 2.39. The van der Waals surface area contributed by atoms with Gasteiger partial charge in [-0.05, 0) is 29.7 Å². The molecule has 2 aromatic rings. The monoisotopic (exact) mass is 325 g/mol. The quantitative estimate of drug-likeness (QED) is 0.812. The Morgan fingerprint density at radius 2 is 1.88 bits per heavy atom. The van der Waals surface area contributed by atoms with Crippen molar-refractivity contribution >= 4 is 5.97 Å². The molecule has 2 heterocycles. The highest BCUT2D eigenvalue weighted by Crippen LogP contribution is 2.43. The van der Waals surface area contributed by atoms with Gasteiger partial charge in [0.25, 0.3) is 0 Å². The summed E-state index contributed by atoms with van der Waals surface area (Å²) in [6.07, 6.45) is 0.577. The van der Waals surface area contributed by atoms with Gasteiger partial charge in [-0.1, -0.05) is 24.3 Å². The van der Waals surface area contributed by atoms with Gasteiger partial charge in [-0.15, -0.1) is 0 Å². The van der Waals surface area contributed by atoms with Crippen molar-refractivity contribution in [1.82, 2.24) is 4.90 Å². The lowest BCUT2D eigenvalue weighted by Gasteiger charge is -2.32. The van der Waals surface area contributed by atoms with E-state index in [0.29, 0.717) is 17.1 Å². The average molecular weight is 325 g/mol. The Morgan fingerprint density at radius 1 is 1.08 bits per heavy atom. The summed E-state index contributed by atoms with van der Waals surface area (Å²) >= 11 is 0. The zero-order valence-electron chi connectivity index (χ0n) is 13.7. The van der Waals surface area contributed by atoms with Gasteiger partial charge >= 0.3 is 5.97 Å². The van der Waals surface area contributed by atoms with Crippen LogP contribution in [0, 0.1) is 0 Å². The first kappa shape index (κ1) is 15.0. The van der Waals surface area contributed by atoms with E-state index in [0.717, 1.165) is 25.1 Å². The molecule has 0 saturated heterocycles. The Morgan fingerprint density at radius 3 is 2.62 bits per heavy atom. The SMILES string of the molecule is COc1ccc2c(c1OC)C(=O)OC2N1CCc2ccccc2C1. The zero-order valence-corrected chi connectivity index (χ0v) is 13.7. The molecule has 2 aliphatic heterocycles. The van der Waals surface area contributed by atoms with Crippen LogP contribution in [0.15, 0.2) is 36.4 Å². The fraction of sp³-hybridized carbons (Fsp3) is 0.316. The third-order valence-corrected chi connectivity index (χ3v) is 4.76. The predicted octanol–water partition coefficient (Wildman–Crippen LogP) is 2.93. The minimum Gasteiger partial charge on any atom is -0.493 e. The lowest BCUT2D eigenvalue weighted by atomic mass is 9.98. The van der Waals surface area contributed by atoms with Crippen molar-refractivity contribution in [2.75, 3.05) is 20.8 Å². The topological polar surface area (TPSA) is 48.0 Å². The molecule has 2 aromatic carbocycles. The summed E-state index contributed by atoms with van der Waals surface area (Å²) in [6, 6.07) is 12.1. The van der Waals surface area contributed by atoms with Gasteiger partial charge in [-0.3, -0.25) is 4.90 Å². The molecule has 0 aromatic heterocycles. The smallest absolute Gasteiger partial charge is 0.344 e. The number of benzene rings is 2. The average Bonchev–Trinajstić information content (AvgIpc) is 2.97. The molecule has 5 nitrogen and oxygen atoms in total. The number of fused-ring (bicyclic) bond motifs is 2. The van der Waals surface area contributed by atoms with Gasteiger partial charge in [0, 0.05) is 18.7 Å². The van der Waals surface area contributed by atoms with Crippen LogP contribution in [0.2, 0.25) is 0 Å². The molecule has 124 valence electrons. The molecular formula is C19H19NO4. The first-order valence-electron chi connectivity index (χ1n) is 7.99. The van der Waals surface area contributed by atoms with Crippen molar-refractivity contribution in [2.45, 2.75) is 19.2 Å². The number of ether oxygens (including phenoxy) is 3. The van der Waals surface area contributed by atoms with E-state index < -0.39 is 0 Å². The Hall–Kier alpha value is -2.53. The largest absolute Gasteiger partial charge is 0.493 e. The first-order chi connectivity index (χ1) is 11.7. The molecule has 1 unspecified atom stereocenters. The minimum absolute atomic E-state index is 0.357. The summed E-state index contributed by atoms with van der Waals surface area (Å²) in [4.78, 5) is 14.6. The maximum Gasteiger partial charge on any atom is 0.344 e. The van der Waals surface area contributed by atoms with Crippen molar-refractivity contribution in [1.29, 1.82) is 0 Å². The summed E-state index contributed by atoms with van der Waals surface area (Å²) in [5.41, 5.74) is 3.97. The molecule has 2 aliphatic rings. The van der Waals surface area contributed by atoms with Crippen LogP contribution in [-0.4, -0.2) is 31.6 Å². The van der Waals surface area contributed by atoms with Crippen molar-refractivity contribution in [3.8, 4) is 11.5 Å². The molecule has 0 radical (unpaired) electrons. The Labute approximate surface area is 140 Å². The highest BCUT2D eigenvalue weighted by atomic mass is 16.6. The molecule has 0 spiro atoms. The number of esters is 1. The molecule has 0 saturated carbocycles. The van der Waals surface area contributed by atoms with Crippen LogP contribution < -0.4 is 9.47 Å². The van der Waals surface area contributed by atoms with Crippen molar-refractivity contribution in [3.05, 3.63) is 58.7 Å². The molecule has 5 heteroatoms. The molecule has 24 heavy (non-hydrogen) atoms. The molecule has 0 fully saturated rings. The van der Waals surface area contributed by atoms with Crippen LogP contribution in [0.5, 0.6) is 11.5 Å². The van der Waals surface area contributed by atoms with Gasteiger partial charge in [0.15, 0.2) is 17.7 Å². The molecule has 4 rings (SSSR count). The van der Waals surface area contributed by atoms with Crippen LogP contribution >= 0.6 is 0 Å². The number of nitrogens with zero attached hydrogens (tertiary/aromatic N) is 1. The summed E-state index contributed by atoms with van der Waals surface area (Å²) in [7, 11) is 3.10. The van der Waals surface area contributed by atoms with Crippen LogP contribution in [-0.2, 0) is 17.7 Å². The fourth-order valence-electron chi connectivity index (χ4n) is 3.57. The third-order valence-electron chi connectivity index (χ3n) is 4.76. The fourth-order valence-corrected chi connectivity index (χ4v) is 3.57. The second-order valence-corrected chi connectivity index (χ2v) is 6.01. The van der Waals surface area contributed by atoms with Crippen molar-refractivity contribution in [3.63, 3.8) is 0 Å². The lowest BCUT2D eigenvalue weighted by Crippen LogP contribution is -2.34. The van der Waals surface area contributed by atoms with Crippen molar-refractivity contribution < 1.29 is 19.0 Å². The maximum atomic E-state index is 12.4. The maximum absolute atomic E-state index is 12.4. The number of carbonyl (C=O) groups excluding carboxylic acids is 1. The number of hydrogen-bond donors (Lipinski definition) is 0. The van der Waals surface area contributed by atoms with Gasteiger partial charge in [-0.25, -0.2) is 4.79 Å². The van der Waals surface area contributed by atoms with E-state index in [1.165, 1.54) is 18.2 Å². The molecule has 0 aliphatic carbocycles. The van der Waals surface area contributed by atoms with E-state index in [4.69, 9.17) is 14.2 Å². The third kappa shape index (κ3) is 2.24. The number of hydrogen-bond acceptors (Lipinski definition) is 5. The molecule has 0 bridgehead atoms. The summed E-state index contributed by atoms with van der Waals surface area (Å²) in [5, 5.41) is 0. The standard InChI is InChI=1S/C19H19NO4/c1-22-15-8-7-14-16(17(15)23-2)19(21)24-18(14)20-10-9-12-5-3-4-6-13(12)11-20/h3-8,18H,9-11H2,1-2H3. The number of rotatable bonds is 3. The van der Waals surface area contributed by atoms with E-state index in [9.17, 15) is 4.79 Å². The molecule has 0 N–H and O–H groups in total. The van der Waals surface area contributed by atoms with E-state index in [-0.39, 0.29) is 12.2 Å². The second-order valence-electron chi connectivity index (χ2n) is 6.01. The summed E-state index contributed by atoms with van der Waals surface area (Å²) in [6.45, 7) is 1.62. The van der Waals surface area contributed by atoms with Gasteiger partial charge < -0.3 is 14.2 Å². The summed E-state index contributed by atoms with van der Waals surface area (Å²) < 4.78 is 16.4. The van der Waals surface area contributed by atoms with Crippen molar-refractivity contribution in [2.24, 2.45) is 0 Å². The predicted molar refractivity (Wildman–Crippen MR) is 88.3 cm³/mol. The highest BCUT2D eigenvalue weighted by molar-refractivity contribution is 5.98. The second kappa shape index (κ2) is 5.83. The Bertz CT molecular complexity index is 802. The van der Waals surface area contributed by atoms with Gasteiger partial charge in [-0.2, -0.15) is 0 Å². The van der Waals surface area contributed by atoms with E-state index in [2.05, 4.69) is 23.1 Å². The number of cyclic esters (lactones) is 1. The molecule has 1 atom stereocenters. The van der Waals surface area contributed by atoms with Crippen LogP contribution in [0.25, 0.3) is 0 Å². The lowest BCUT2D eigenvalue weighted by molar-refractivity contribution is -0.0291. The van der Waals surface area contributed by atoms with E-state index in [1.54, 1.807) is 7.11 Å². The zero-order chi connectivity index (χ0) is 16.7. The first-order valence-corrected chi connectivity index (χ1v) is 7.99. The van der Waals surface area contributed by atoms with E-state index >= 15 is 0 Å². The van der Waals surface area contributed by atoms with Gasteiger partial charge in [0.05, 0.1) is 14.2 Å². The van der Waals surface area contributed by atoms with Gasteiger partial charge in [0.1, 0.15) is 5.56 Å². The van der Waals surface area contributed by atoms with Crippen LogP contribution in [0.1, 0.15) is 33.3 Å². The normalized spacial score (nSPS) is 19.4. The minimum atomic E-state index is -0.374. The molecular weight excluding hydrogens is 306 g/mol. The van der Waals surface area contributed by atoms with Crippen LogP contribution in [0.3, 0.4) is 0 Å². The summed E-state index contributed by atoms with van der Waals surface area (Å²) in [5.74, 6) is 0.627. The van der Waals surface area contributed by atoms with E-state index in [1.807, 2.05) is 18.2 Å². The Kier molecular flexibility index (Phi) is 3.65. The Balaban J connectivity index is 1.70. The molecule has 0 amide bonds. The number of methoxy groups -OCH3 is 2.